The first-order valence-corrected chi connectivity index (χ1v) is 5.92. The minimum atomic E-state index is -5.00. The normalized spacial score (nSPS) is 14.4. The van der Waals surface area contributed by atoms with Gasteiger partial charge in [-0.05, 0) is 12.5 Å². The van der Waals surface area contributed by atoms with Crippen molar-refractivity contribution in [3.63, 3.8) is 0 Å². The zero-order valence-corrected chi connectivity index (χ0v) is 10.9. The van der Waals surface area contributed by atoms with Crippen LogP contribution in [0.2, 0.25) is 0 Å². The van der Waals surface area contributed by atoms with Gasteiger partial charge in [0.1, 0.15) is 6.10 Å². The van der Waals surface area contributed by atoms with Crippen molar-refractivity contribution < 1.29 is 37.7 Å². The van der Waals surface area contributed by atoms with E-state index in [1.807, 2.05) is 0 Å². The van der Waals surface area contributed by atoms with Crippen molar-refractivity contribution in [1.29, 1.82) is 0 Å². The lowest BCUT2D eigenvalue weighted by Crippen LogP contribution is -2.30. The molecule has 0 radical (unpaired) electrons. The molecule has 1 aromatic carbocycles. The third-order valence-electron chi connectivity index (χ3n) is 2.60. The van der Waals surface area contributed by atoms with Crippen LogP contribution in [-0.4, -0.2) is 40.9 Å². The Bertz CT molecular complexity index is 510. The SMILES string of the molecule is CCOC(=O)C(O)C(O)c1ccc(C(=O)C(F)(F)F)cc1. The Morgan fingerprint density at radius 2 is 1.71 bits per heavy atom. The maximum absolute atomic E-state index is 12.2. The van der Waals surface area contributed by atoms with E-state index in [0.29, 0.717) is 0 Å². The Kier molecular flexibility index (Phi) is 5.45. The van der Waals surface area contributed by atoms with Gasteiger partial charge in [-0.25, -0.2) is 4.79 Å². The summed E-state index contributed by atoms with van der Waals surface area (Å²) in [5, 5.41) is 19.2. The number of carbonyl (C=O) groups is 2. The van der Waals surface area contributed by atoms with Crippen molar-refractivity contribution in [2.45, 2.75) is 25.3 Å². The van der Waals surface area contributed by atoms with E-state index in [2.05, 4.69) is 4.74 Å². The van der Waals surface area contributed by atoms with E-state index in [0.717, 1.165) is 24.3 Å². The summed E-state index contributed by atoms with van der Waals surface area (Å²) in [4.78, 5) is 22.2. The number of aliphatic hydroxyl groups excluding tert-OH is 2. The van der Waals surface area contributed by atoms with Crippen LogP contribution in [0.5, 0.6) is 0 Å². The highest BCUT2D eigenvalue weighted by molar-refractivity contribution is 6.00. The molecule has 0 aliphatic rings. The highest BCUT2D eigenvalue weighted by atomic mass is 19.4. The fourth-order valence-electron chi connectivity index (χ4n) is 1.53. The molecule has 116 valence electrons. The minimum Gasteiger partial charge on any atom is -0.464 e. The first-order valence-electron chi connectivity index (χ1n) is 5.92. The summed E-state index contributed by atoms with van der Waals surface area (Å²) >= 11 is 0. The number of rotatable bonds is 5. The van der Waals surface area contributed by atoms with Crippen LogP contribution in [-0.2, 0) is 9.53 Å². The average molecular weight is 306 g/mol. The molecule has 0 amide bonds. The Labute approximate surface area is 118 Å². The van der Waals surface area contributed by atoms with Crippen molar-refractivity contribution in [1.82, 2.24) is 0 Å². The second-order valence-corrected chi connectivity index (χ2v) is 4.09. The molecule has 2 N–H and O–H groups in total. The fraction of sp³-hybridized carbons (Fsp3) is 0.385. The number of esters is 1. The van der Waals surface area contributed by atoms with Crippen LogP contribution in [0.15, 0.2) is 24.3 Å². The second kappa shape index (κ2) is 6.68. The largest absolute Gasteiger partial charge is 0.464 e. The number of benzene rings is 1. The zero-order valence-electron chi connectivity index (χ0n) is 10.9. The Hall–Kier alpha value is -1.93. The number of Topliss-reactive ketones (excluding diaryl/α,β-unsaturated/α-hetero) is 1. The number of hydrogen-bond acceptors (Lipinski definition) is 5. The fourth-order valence-corrected chi connectivity index (χ4v) is 1.53. The number of aliphatic hydroxyl groups is 2. The summed E-state index contributed by atoms with van der Waals surface area (Å²) in [5.74, 6) is -3.07. The minimum absolute atomic E-state index is 0.00162. The lowest BCUT2D eigenvalue weighted by Gasteiger charge is -2.17. The van der Waals surface area contributed by atoms with Gasteiger partial charge in [-0.1, -0.05) is 24.3 Å². The Morgan fingerprint density at radius 3 is 2.14 bits per heavy atom. The molecule has 2 atom stereocenters. The summed E-state index contributed by atoms with van der Waals surface area (Å²) in [6.07, 6.45) is -8.53. The molecule has 0 aliphatic carbocycles. The molecule has 0 aliphatic heterocycles. The van der Waals surface area contributed by atoms with Crippen molar-refractivity contribution in [3.05, 3.63) is 35.4 Å². The summed E-state index contributed by atoms with van der Waals surface area (Å²) in [6, 6.07) is 3.75. The summed E-state index contributed by atoms with van der Waals surface area (Å²) in [7, 11) is 0. The molecule has 21 heavy (non-hydrogen) atoms. The lowest BCUT2D eigenvalue weighted by molar-refractivity contribution is -0.159. The molecule has 0 fully saturated rings. The number of carbonyl (C=O) groups excluding carboxylic acids is 2. The monoisotopic (exact) mass is 306 g/mol. The van der Waals surface area contributed by atoms with Crippen molar-refractivity contribution in [2.24, 2.45) is 0 Å². The van der Waals surface area contributed by atoms with Crippen LogP contribution < -0.4 is 0 Å². The second-order valence-electron chi connectivity index (χ2n) is 4.09. The molecule has 1 aromatic rings. The predicted octanol–water partition coefficient (Wildman–Crippen LogP) is 1.39. The zero-order chi connectivity index (χ0) is 16.2. The van der Waals surface area contributed by atoms with E-state index in [-0.39, 0.29) is 12.2 Å². The van der Waals surface area contributed by atoms with Crippen LogP contribution >= 0.6 is 0 Å². The highest BCUT2D eigenvalue weighted by Gasteiger charge is 2.39. The van der Waals surface area contributed by atoms with Crippen LogP contribution in [0.1, 0.15) is 28.9 Å². The quantitative estimate of drug-likeness (QED) is 0.634. The highest BCUT2D eigenvalue weighted by Crippen LogP contribution is 2.24. The first kappa shape index (κ1) is 17.1. The maximum atomic E-state index is 12.2. The van der Waals surface area contributed by atoms with Crippen molar-refractivity contribution in [3.8, 4) is 0 Å². The van der Waals surface area contributed by atoms with Gasteiger partial charge in [-0.2, -0.15) is 13.2 Å². The molecule has 0 spiro atoms. The lowest BCUT2D eigenvalue weighted by atomic mass is 10.0. The molecule has 0 aromatic heterocycles. The van der Waals surface area contributed by atoms with Gasteiger partial charge in [0.05, 0.1) is 6.61 Å². The van der Waals surface area contributed by atoms with E-state index in [9.17, 15) is 33.0 Å². The van der Waals surface area contributed by atoms with Gasteiger partial charge in [0.2, 0.25) is 0 Å². The van der Waals surface area contributed by atoms with E-state index >= 15 is 0 Å². The molecule has 5 nitrogen and oxygen atoms in total. The van der Waals surface area contributed by atoms with E-state index in [1.54, 1.807) is 0 Å². The van der Waals surface area contributed by atoms with Crippen LogP contribution in [0.25, 0.3) is 0 Å². The predicted molar refractivity (Wildman–Crippen MR) is 64.4 cm³/mol. The number of ether oxygens (including phenoxy) is 1. The Balaban J connectivity index is 2.87. The van der Waals surface area contributed by atoms with Crippen molar-refractivity contribution in [2.75, 3.05) is 6.61 Å². The van der Waals surface area contributed by atoms with Gasteiger partial charge in [0, 0.05) is 5.56 Å². The number of alkyl halides is 3. The molecular weight excluding hydrogens is 293 g/mol. The number of halogens is 3. The third-order valence-corrected chi connectivity index (χ3v) is 2.60. The van der Waals surface area contributed by atoms with Crippen LogP contribution in [0, 0.1) is 0 Å². The topological polar surface area (TPSA) is 83.8 Å². The molecule has 0 saturated carbocycles. The summed E-state index contributed by atoms with van der Waals surface area (Å²) < 4.78 is 41.1. The molecule has 8 heteroatoms. The van der Waals surface area contributed by atoms with Crippen LogP contribution in [0.4, 0.5) is 13.2 Å². The smallest absolute Gasteiger partial charge is 0.454 e. The molecule has 0 saturated heterocycles. The van der Waals surface area contributed by atoms with Crippen molar-refractivity contribution >= 4 is 11.8 Å². The van der Waals surface area contributed by atoms with Gasteiger partial charge in [0.15, 0.2) is 6.10 Å². The summed E-state index contributed by atoms with van der Waals surface area (Å²) in [5.41, 5.74) is -0.627. The number of hydrogen-bond donors (Lipinski definition) is 2. The molecule has 2 unspecified atom stereocenters. The van der Waals surface area contributed by atoms with Gasteiger partial charge in [-0.3, -0.25) is 4.79 Å². The number of ketones is 1. The maximum Gasteiger partial charge on any atom is 0.454 e. The van der Waals surface area contributed by atoms with Crippen LogP contribution in [0.3, 0.4) is 0 Å². The van der Waals surface area contributed by atoms with E-state index < -0.39 is 35.7 Å². The molecule has 1 rings (SSSR count). The summed E-state index contributed by atoms with van der Waals surface area (Å²) in [6.45, 7) is 1.51. The van der Waals surface area contributed by atoms with E-state index in [1.165, 1.54) is 6.92 Å². The first-order chi connectivity index (χ1) is 9.68. The molecule has 0 heterocycles. The Morgan fingerprint density at radius 1 is 1.19 bits per heavy atom. The molecular formula is C13H13F3O5. The van der Waals surface area contributed by atoms with E-state index in [4.69, 9.17) is 0 Å². The van der Waals surface area contributed by atoms with Gasteiger partial charge >= 0.3 is 12.1 Å². The van der Waals surface area contributed by atoms with Gasteiger partial charge in [-0.15, -0.1) is 0 Å². The molecule has 0 bridgehead atoms. The average Bonchev–Trinajstić information content (AvgIpc) is 2.44. The third kappa shape index (κ3) is 4.27. The van der Waals surface area contributed by atoms with Gasteiger partial charge < -0.3 is 14.9 Å². The van der Waals surface area contributed by atoms with Gasteiger partial charge in [0.25, 0.3) is 5.78 Å². The standard InChI is InChI=1S/C13H13F3O5/c1-2-21-12(20)10(18)9(17)7-3-5-8(6-4-7)11(19)13(14,15)16/h3-6,9-10,17-18H,2H2,1H3.